The maximum atomic E-state index is 12.0. The fraction of sp³-hybridized carbons (Fsp3) is 0.850. The zero-order valence-corrected chi connectivity index (χ0v) is 14.6. The second-order valence-corrected chi connectivity index (χ2v) is 9.22. The maximum absolute atomic E-state index is 12.0. The number of hydrogen-bond donors (Lipinski definition) is 2. The molecule has 3 heteroatoms. The Morgan fingerprint density at radius 3 is 2.61 bits per heavy atom. The number of rotatable bonds is 0. The lowest BCUT2D eigenvalue weighted by molar-refractivity contribution is -0.125. The molecule has 3 fully saturated rings. The summed E-state index contributed by atoms with van der Waals surface area (Å²) in [7, 11) is 0. The van der Waals surface area contributed by atoms with Crippen LogP contribution >= 0.6 is 0 Å². The standard InChI is InChI=1S/C20H30O3/c1-11-8-13(21)9-12-4-5-14-15(20(11,12)3)6-7-19(2)16(14)10-17(22)18(19)23/h8,12,14-18,22-23H,4-7,9-10H2,1-3H3/t12-,14+,15-,16-,17?,18?,19-,20-/m0/s1. The van der Waals surface area contributed by atoms with Crippen molar-refractivity contribution in [1.29, 1.82) is 0 Å². The van der Waals surface area contributed by atoms with Crippen LogP contribution in [0.1, 0.15) is 59.3 Å². The Kier molecular flexibility index (Phi) is 3.39. The van der Waals surface area contributed by atoms with Gasteiger partial charge in [-0.15, -0.1) is 0 Å². The van der Waals surface area contributed by atoms with Gasteiger partial charge in [0.15, 0.2) is 5.78 Å². The zero-order chi connectivity index (χ0) is 16.6. The Hall–Kier alpha value is -0.670. The number of carbonyl (C=O) groups excluding carboxylic acids is 1. The third kappa shape index (κ3) is 1.93. The number of aliphatic hydroxyl groups excluding tert-OH is 2. The van der Waals surface area contributed by atoms with E-state index in [1.807, 2.05) is 6.08 Å². The molecule has 3 nitrogen and oxygen atoms in total. The van der Waals surface area contributed by atoms with Gasteiger partial charge in [0.2, 0.25) is 0 Å². The molecule has 0 bridgehead atoms. The highest BCUT2D eigenvalue weighted by Crippen LogP contribution is 2.66. The van der Waals surface area contributed by atoms with E-state index in [0.29, 0.717) is 35.9 Å². The molecule has 4 aliphatic carbocycles. The first-order chi connectivity index (χ1) is 10.8. The van der Waals surface area contributed by atoms with Crippen molar-refractivity contribution >= 4 is 5.78 Å². The SMILES string of the molecule is CC1=CC(=O)C[C@@H]2CC[C@@H]3[C@H](CC[C@]4(C)C(O)C(O)C[C@@H]34)[C@@]12C. The lowest BCUT2D eigenvalue weighted by Crippen LogP contribution is -2.54. The second kappa shape index (κ2) is 4.92. The van der Waals surface area contributed by atoms with E-state index >= 15 is 0 Å². The molecule has 0 saturated heterocycles. The summed E-state index contributed by atoms with van der Waals surface area (Å²) in [5, 5.41) is 20.8. The first-order valence-electron chi connectivity index (χ1n) is 9.36. The van der Waals surface area contributed by atoms with E-state index in [2.05, 4.69) is 20.8 Å². The number of allylic oxidation sites excluding steroid dienone is 2. The van der Waals surface area contributed by atoms with Crippen LogP contribution in [-0.2, 0) is 4.79 Å². The van der Waals surface area contributed by atoms with Crippen molar-refractivity contribution in [1.82, 2.24) is 0 Å². The van der Waals surface area contributed by atoms with Gasteiger partial charge in [-0.2, -0.15) is 0 Å². The molecular weight excluding hydrogens is 288 g/mol. The lowest BCUT2D eigenvalue weighted by Gasteiger charge is -2.59. The van der Waals surface area contributed by atoms with Crippen molar-refractivity contribution < 1.29 is 15.0 Å². The molecule has 2 N–H and O–H groups in total. The molecule has 0 amide bonds. The number of hydrogen-bond acceptors (Lipinski definition) is 3. The quantitative estimate of drug-likeness (QED) is 0.721. The molecule has 4 rings (SSSR count). The van der Waals surface area contributed by atoms with Crippen molar-refractivity contribution in [3.05, 3.63) is 11.6 Å². The highest BCUT2D eigenvalue weighted by atomic mass is 16.3. The molecule has 23 heavy (non-hydrogen) atoms. The summed E-state index contributed by atoms with van der Waals surface area (Å²) in [6.07, 6.45) is 6.63. The molecule has 0 aliphatic heterocycles. The zero-order valence-electron chi connectivity index (χ0n) is 14.6. The van der Waals surface area contributed by atoms with Crippen LogP contribution in [0.2, 0.25) is 0 Å². The van der Waals surface area contributed by atoms with E-state index < -0.39 is 12.2 Å². The lowest BCUT2D eigenvalue weighted by atomic mass is 9.45. The Bertz CT molecular complexity index is 567. The Labute approximate surface area is 139 Å². The van der Waals surface area contributed by atoms with Gasteiger partial charge in [-0.05, 0) is 79.6 Å². The number of aliphatic hydroxyl groups is 2. The van der Waals surface area contributed by atoms with E-state index in [9.17, 15) is 15.0 Å². The van der Waals surface area contributed by atoms with Gasteiger partial charge in [0, 0.05) is 6.42 Å². The topological polar surface area (TPSA) is 57.5 Å². The molecule has 2 unspecified atom stereocenters. The summed E-state index contributed by atoms with van der Waals surface area (Å²) in [4.78, 5) is 12.0. The minimum Gasteiger partial charge on any atom is -0.390 e. The maximum Gasteiger partial charge on any atom is 0.155 e. The number of carbonyl (C=O) groups is 1. The third-order valence-electron chi connectivity index (χ3n) is 8.55. The fourth-order valence-corrected chi connectivity index (χ4v) is 7.05. The van der Waals surface area contributed by atoms with E-state index in [4.69, 9.17) is 0 Å². The summed E-state index contributed by atoms with van der Waals surface area (Å²) < 4.78 is 0. The third-order valence-corrected chi connectivity index (χ3v) is 8.55. The summed E-state index contributed by atoms with van der Waals surface area (Å²) in [5.41, 5.74) is 1.29. The fourth-order valence-electron chi connectivity index (χ4n) is 7.05. The molecule has 0 spiro atoms. The normalized spacial score (nSPS) is 55.7. The predicted octanol–water partition coefficient (Wildman–Crippen LogP) is 3.10. The van der Waals surface area contributed by atoms with Crippen LogP contribution in [0.5, 0.6) is 0 Å². The van der Waals surface area contributed by atoms with Crippen LogP contribution in [0.15, 0.2) is 11.6 Å². The van der Waals surface area contributed by atoms with Crippen LogP contribution in [0, 0.1) is 34.5 Å². The van der Waals surface area contributed by atoms with Gasteiger partial charge >= 0.3 is 0 Å². The first kappa shape index (κ1) is 15.8. The van der Waals surface area contributed by atoms with Crippen molar-refractivity contribution in [3.63, 3.8) is 0 Å². The average molecular weight is 318 g/mol. The molecule has 0 aromatic carbocycles. The summed E-state index contributed by atoms with van der Waals surface area (Å²) in [6, 6.07) is 0. The molecular formula is C20H30O3. The molecule has 0 heterocycles. The van der Waals surface area contributed by atoms with Gasteiger partial charge in [-0.3, -0.25) is 4.79 Å². The molecule has 4 aliphatic rings. The largest absolute Gasteiger partial charge is 0.390 e. The van der Waals surface area contributed by atoms with Gasteiger partial charge in [0.05, 0.1) is 12.2 Å². The Morgan fingerprint density at radius 2 is 1.87 bits per heavy atom. The van der Waals surface area contributed by atoms with Crippen molar-refractivity contribution in [2.45, 2.75) is 71.5 Å². The summed E-state index contributed by atoms with van der Waals surface area (Å²) in [5.74, 6) is 2.40. The molecule has 8 atom stereocenters. The van der Waals surface area contributed by atoms with Crippen LogP contribution < -0.4 is 0 Å². The molecule has 128 valence electrons. The van der Waals surface area contributed by atoms with Gasteiger partial charge in [-0.25, -0.2) is 0 Å². The summed E-state index contributed by atoms with van der Waals surface area (Å²) >= 11 is 0. The van der Waals surface area contributed by atoms with E-state index in [-0.39, 0.29) is 10.8 Å². The summed E-state index contributed by atoms with van der Waals surface area (Å²) in [6.45, 7) is 6.73. The van der Waals surface area contributed by atoms with Gasteiger partial charge in [0.25, 0.3) is 0 Å². The number of fused-ring (bicyclic) bond motifs is 5. The molecule has 0 aromatic rings. The average Bonchev–Trinajstić information content (AvgIpc) is 2.73. The van der Waals surface area contributed by atoms with Crippen molar-refractivity contribution in [3.8, 4) is 0 Å². The Balaban J connectivity index is 1.72. The van der Waals surface area contributed by atoms with Gasteiger partial charge < -0.3 is 10.2 Å². The van der Waals surface area contributed by atoms with Crippen LogP contribution in [0.4, 0.5) is 0 Å². The molecule has 3 saturated carbocycles. The van der Waals surface area contributed by atoms with Crippen LogP contribution in [0.3, 0.4) is 0 Å². The van der Waals surface area contributed by atoms with Crippen LogP contribution in [-0.4, -0.2) is 28.2 Å². The van der Waals surface area contributed by atoms with E-state index in [1.54, 1.807) is 0 Å². The van der Waals surface area contributed by atoms with Crippen molar-refractivity contribution in [2.24, 2.45) is 34.5 Å². The monoisotopic (exact) mass is 318 g/mol. The minimum absolute atomic E-state index is 0.119. The highest BCUT2D eigenvalue weighted by molar-refractivity contribution is 5.91. The van der Waals surface area contributed by atoms with Crippen molar-refractivity contribution in [2.75, 3.05) is 0 Å². The van der Waals surface area contributed by atoms with E-state index in [1.165, 1.54) is 5.57 Å². The van der Waals surface area contributed by atoms with Gasteiger partial charge in [0.1, 0.15) is 0 Å². The second-order valence-electron chi connectivity index (χ2n) is 9.22. The first-order valence-corrected chi connectivity index (χ1v) is 9.36. The minimum atomic E-state index is -0.566. The van der Waals surface area contributed by atoms with Crippen LogP contribution in [0.25, 0.3) is 0 Å². The number of ketones is 1. The molecule has 0 radical (unpaired) electrons. The molecule has 0 aromatic heterocycles. The Morgan fingerprint density at radius 1 is 1.13 bits per heavy atom. The highest BCUT2D eigenvalue weighted by Gasteiger charge is 2.62. The van der Waals surface area contributed by atoms with Gasteiger partial charge in [-0.1, -0.05) is 19.4 Å². The van der Waals surface area contributed by atoms with E-state index in [0.717, 1.165) is 32.1 Å². The smallest absolute Gasteiger partial charge is 0.155 e. The predicted molar refractivity (Wildman–Crippen MR) is 88.7 cm³/mol.